The molecule has 5 N–H and O–H groups in total. The lowest BCUT2D eigenvalue weighted by molar-refractivity contribution is 0.0935. The zero-order chi connectivity index (χ0) is 16.8. The Morgan fingerprint density at radius 3 is 2.43 bits per heavy atom. The minimum atomic E-state index is -0.543. The van der Waals surface area contributed by atoms with Gasteiger partial charge in [-0.1, -0.05) is 36.4 Å². The average molecular weight is 311 g/mol. The van der Waals surface area contributed by atoms with Crippen molar-refractivity contribution in [3.05, 3.63) is 70.8 Å². The number of nitrogens with one attached hydrogen (secondary N) is 1. The number of amides is 2. The monoisotopic (exact) mass is 311 g/mol. The molecule has 0 radical (unpaired) electrons. The van der Waals surface area contributed by atoms with Gasteiger partial charge in [0.05, 0.1) is 6.04 Å². The SMILES string of the molecule is Cc1ccc(C(=O)NC(CCN)c2ccccc2)cc1C(N)=O. The Hall–Kier alpha value is -2.66. The summed E-state index contributed by atoms with van der Waals surface area (Å²) in [5, 5.41) is 2.97. The normalized spacial score (nSPS) is 11.7. The summed E-state index contributed by atoms with van der Waals surface area (Å²) in [6.45, 7) is 2.24. The van der Waals surface area contributed by atoms with Crippen LogP contribution in [-0.4, -0.2) is 18.4 Å². The molecule has 0 aliphatic rings. The van der Waals surface area contributed by atoms with Gasteiger partial charge in [-0.15, -0.1) is 0 Å². The van der Waals surface area contributed by atoms with Crippen molar-refractivity contribution < 1.29 is 9.59 Å². The van der Waals surface area contributed by atoms with Crippen LogP contribution < -0.4 is 16.8 Å². The number of benzene rings is 2. The van der Waals surface area contributed by atoms with Gasteiger partial charge in [0, 0.05) is 11.1 Å². The van der Waals surface area contributed by atoms with Crippen LogP contribution in [0.25, 0.3) is 0 Å². The van der Waals surface area contributed by atoms with Gasteiger partial charge >= 0.3 is 0 Å². The number of carbonyl (C=O) groups excluding carboxylic acids is 2. The molecular formula is C18H21N3O2. The quantitative estimate of drug-likeness (QED) is 0.760. The number of hydrogen-bond donors (Lipinski definition) is 3. The van der Waals surface area contributed by atoms with Gasteiger partial charge in [-0.2, -0.15) is 0 Å². The fourth-order valence-corrected chi connectivity index (χ4v) is 2.44. The summed E-state index contributed by atoms with van der Waals surface area (Å²) in [6.07, 6.45) is 0.629. The van der Waals surface area contributed by atoms with Crippen molar-refractivity contribution in [3.63, 3.8) is 0 Å². The van der Waals surface area contributed by atoms with E-state index >= 15 is 0 Å². The van der Waals surface area contributed by atoms with Gasteiger partial charge in [0.1, 0.15) is 0 Å². The second kappa shape index (κ2) is 7.56. The molecule has 0 aromatic heterocycles. The van der Waals surface area contributed by atoms with E-state index < -0.39 is 5.91 Å². The number of nitrogens with two attached hydrogens (primary N) is 2. The van der Waals surface area contributed by atoms with Crippen LogP contribution in [0.1, 0.15) is 44.3 Å². The van der Waals surface area contributed by atoms with Crippen LogP contribution in [0, 0.1) is 6.92 Å². The predicted molar refractivity (Wildman–Crippen MR) is 90.0 cm³/mol. The second-order valence-corrected chi connectivity index (χ2v) is 5.41. The van der Waals surface area contributed by atoms with Crippen LogP contribution in [0.4, 0.5) is 0 Å². The van der Waals surface area contributed by atoms with E-state index in [2.05, 4.69) is 5.32 Å². The first-order valence-electron chi connectivity index (χ1n) is 7.49. The van der Waals surface area contributed by atoms with Crippen molar-refractivity contribution in [2.24, 2.45) is 11.5 Å². The van der Waals surface area contributed by atoms with E-state index in [4.69, 9.17) is 11.5 Å². The van der Waals surface area contributed by atoms with Gasteiger partial charge in [0.15, 0.2) is 0 Å². The van der Waals surface area contributed by atoms with E-state index in [-0.39, 0.29) is 11.9 Å². The number of primary amides is 1. The molecule has 0 heterocycles. The van der Waals surface area contributed by atoms with Crippen molar-refractivity contribution in [1.82, 2.24) is 5.32 Å². The third kappa shape index (κ3) is 4.17. The Labute approximate surface area is 135 Å². The number of carbonyl (C=O) groups is 2. The molecule has 0 fully saturated rings. The standard InChI is InChI=1S/C18H21N3O2/c1-12-7-8-14(11-15(12)17(20)22)18(23)21-16(9-10-19)13-5-3-2-4-6-13/h2-8,11,16H,9-10,19H2,1H3,(H2,20,22)(H,21,23). The Kier molecular flexibility index (Phi) is 5.49. The fraction of sp³-hybridized carbons (Fsp3) is 0.222. The highest BCUT2D eigenvalue weighted by Gasteiger charge is 2.16. The molecular weight excluding hydrogens is 290 g/mol. The van der Waals surface area contributed by atoms with Crippen molar-refractivity contribution in [3.8, 4) is 0 Å². The molecule has 23 heavy (non-hydrogen) atoms. The molecule has 1 unspecified atom stereocenters. The molecule has 0 aliphatic heterocycles. The average Bonchev–Trinajstić information content (AvgIpc) is 2.55. The minimum Gasteiger partial charge on any atom is -0.366 e. The summed E-state index contributed by atoms with van der Waals surface area (Å²) in [5.74, 6) is -0.798. The van der Waals surface area contributed by atoms with E-state index in [0.29, 0.717) is 24.1 Å². The van der Waals surface area contributed by atoms with Crippen molar-refractivity contribution in [2.45, 2.75) is 19.4 Å². The van der Waals surface area contributed by atoms with E-state index in [1.165, 1.54) is 6.07 Å². The highest BCUT2D eigenvalue weighted by molar-refractivity contribution is 6.00. The highest BCUT2D eigenvalue weighted by Crippen LogP contribution is 2.17. The van der Waals surface area contributed by atoms with Crippen molar-refractivity contribution >= 4 is 11.8 Å². The maximum Gasteiger partial charge on any atom is 0.251 e. The third-order valence-corrected chi connectivity index (χ3v) is 3.73. The largest absolute Gasteiger partial charge is 0.366 e. The van der Waals surface area contributed by atoms with Crippen LogP contribution in [-0.2, 0) is 0 Å². The molecule has 2 rings (SSSR count). The molecule has 120 valence electrons. The molecule has 1 atom stereocenters. The highest BCUT2D eigenvalue weighted by atomic mass is 16.2. The van der Waals surface area contributed by atoms with Crippen molar-refractivity contribution in [1.29, 1.82) is 0 Å². The Bertz CT molecular complexity index is 699. The van der Waals surface area contributed by atoms with Crippen LogP contribution in [0.2, 0.25) is 0 Å². The van der Waals surface area contributed by atoms with Gasteiger partial charge < -0.3 is 16.8 Å². The Morgan fingerprint density at radius 2 is 1.83 bits per heavy atom. The summed E-state index contributed by atoms with van der Waals surface area (Å²) in [4.78, 5) is 23.9. The molecule has 5 heteroatoms. The van der Waals surface area contributed by atoms with E-state index in [1.54, 1.807) is 19.1 Å². The third-order valence-electron chi connectivity index (χ3n) is 3.73. The first-order valence-corrected chi connectivity index (χ1v) is 7.49. The summed E-state index contributed by atoms with van der Waals surface area (Å²) in [7, 11) is 0. The zero-order valence-electron chi connectivity index (χ0n) is 13.1. The lowest BCUT2D eigenvalue weighted by Gasteiger charge is -2.19. The lowest BCUT2D eigenvalue weighted by atomic mass is 10.0. The summed E-state index contributed by atoms with van der Waals surface area (Å²) in [5.41, 5.74) is 13.5. The van der Waals surface area contributed by atoms with Gasteiger partial charge in [0.2, 0.25) is 5.91 Å². The maximum atomic E-state index is 12.5. The Morgan fingerprint density at radius 1 is 1.13 bits per heavy atom. The van der Waals surface area contributed by atoms with Crippen LogP contribution in [0.5, 0.6) is 0 Å². The fourth-order valence-electron chi connectivity index (χ4n) is 2.44. The second-order valence-electron chi connectivity index (χ2n) is 5.41. The van der Waals surface area contributed by atoms with E-state index in [9.17, 15) is 9.59 Å². The van der Waals surface area contributed by atoms with E-state index in [1.807, 2.05) is 30.3 Å². The Balaban J connectivity index is 2.22. The van der Waals surface area contributed by atoms with Gasteiger partial charge in [-0.3, -0.25) is 9.59 Å². The zero-order valence-corrected chi connectivity index (χ0v) is 13.1. The molecule has 2 aromatic rings. The summed E-state index contributed by atoms with van der Waals surface area (Å²) < 4.78 is 0. The first-order chi connectivity index (χ1) is 11.0. The van der Waals surface area contributed by atoms with Crippen LogP contribution >= 0.6 is 0 Å². The topological polar surface area (TPSA) is 98.2 Å². The minimum absolute atomic E-state index is 0.174. The van der Waals surface area contributed by atoms with Crippen LogP contribution in [0.3, 0.4) is 0 Å². The summed E-state index contributed by atoms with van der Waals surface area (Å²) in [6, 6.07) is 14.4. The smallest absolute Gasteiger partial charge is 0.251 e. The van der Waals surface area contributed by atoms with Gasteiger partial charge in [-0.25, -0.2) is 0 Å². The summed E-state index contributed by atoms with van der Waals surface area (Å²) >= 11 is 0. The molecule has 0 saturated heterocycles. The molecule has 0 spiro atoms. The number of aryl methyl sites for hydroxylation is 1. The van der Waals surface area contributed by atoms with E-state index in [0.717, 1.165) is 11.1 Å². The number of rotatable bonds is 6. The first kappa shape index (κ1) is 16.7. The molecule has 0 bridgehead atoms. The molecule has 2 aromatic carbocycles. The number of hydrogen-bond acceptors (Lipinski definition) is 3. The molecule has 5 nitrogen and oxygen atoms in total. The molecule has 0 saturated carbocycles. The van der Waals surface area contributed by atoms with Crippen LogP contribution in [0.15, 0.2) is 48.5 Å². The molecule has 0 aliphatic carbocycles. The predicted octanol–water partition coefficient (Wildman–Crippen LogP) is 1.91. The molecule has 2 amide bonds. The van der Waals surface area contributed by atoms with Gasteiger partial charge in [0.25, 0.3) is 5.91 Å². The maximum absolute atomic E-state index is 12.5. The van der Waals surface area contributed by atoms with Crippen molar-refractivity contribution in [2.75, 3.05) is 6.54 Å². The lowest BCUT2D eigenvalue weighted by Crippen LogP contribution is -2.30. The van der Waals surface area contributed by atoms with Gasteiger partial charge in [-0.05, 0) is 43.1 Å².